The average molecular weight is 233 g/mol. The fourth-order valence-corrected chi connectivity index (χ4v) is 1.50. The van der Waals surface area contributed by atoms with Crippen LogP contribution in [-0.4, -0.2) is 5.97 Å². The summed E-state index contributed by atoms with van der Waals surface area (Å²) in [5, 5.41) is 10.7. The summed E-state index contributed by atoms with van der Waals surface area (Å²) in [5.74, 6) is -3.22. The summed E-state index contributed by atoms with van der Waals surface area (Å²) < 4.78 is 25.8. The Morgan fingerprint density at radius 2 is 1.65 bits per heavy atom. The van der Waals surface area contributed by atoms with E-state index in [2.05, 4.69) is 0 Å². The maximum atomic E-state index is 13.0. The van der Waals surface area contributed by atoms with Gasteiger partial charge in [-0.05, 0) is 34.9 Å². The summed E-state index contributed by atoms with van der Waals surface area (Å²) in [7, 11) is 0. The third-order valence-electron chi connectivity index (χ3n) is 2.35. The van der Waals surface area contributed by atoms with Crippen LogP contribution < -0.4 is 5.11 Å². The zero-order valence-electron chi connectivity index (χ0n) is 8.61. The zero-order chi connectivity index (χ0) is 12.4. The van der Waals surface area contributed by atoms with Gasteiger partial charge in [-0.15, -0.1) is 0 Å². The highest BCUT2D eigenvalue weighted by molar-refractivity contribution is 5.87. The largest absolute Gasteiger partial charge is 0.545 e. The second-order valence-electron chi connectivity index (χ2n) is 3.50. The van der Waals surface area contributed by atoms with Crippen molar-refractivity contribution in [3.8, 4) is 11.1 Å². The molecule has 0 saturated carbocycles. The lowest BCUT2D eigenvalue weighted by Gasteiger charge is -2.06. The lowest BCUT2D eigenvalue weighted by molar-refractivity contribution is -0.255. The molecule has 0 amide bonds. The minimum Gasteiger partial charge on any atom is -0.545 e. The normalized spacial score (nSPS) is 10.2. The van der Waals surface area contributed by atoms with E-state index >= 15 is 0 Å². The van der Waals surface area contributed by atoms with Crippen molar-refractivity contribution >= 4 is 5.97 Å². The van der Waals surface area contributed by atoms with E-state index in [-0.39, 0.29) is 5.56 Å². The molecule has 0 aromatic heterocycles. The van der Waals surface area contributed by atoms with Gasteiger partial charge in [0, 0.05) is 0 Å². The van der Waals surface area contributed by atoms with E-state index < -0.39 is 17.6 Å². The van der Waals surface area contributed by atoms with Crippen molar-refractivity contribution in [2.24, 2.45) is 0 Å². The van der Waals surface area contributed by atoms with E-state index in [0.29, 0.717) is 11.1 Å². The predicted octanol–water partition coefficient (Wildman–Crippen LogP) is 2.00. The fraction of sp³-hybridized carbons (Fsp3) is 0. The Kier molecular flexibility index (Phi) is 2.87. The number of carboxylic acids is 1. The van der Waals surface area contributed by atoms with Gasteiger partial charge in [0.25, 0.3) is 0 Å². The number of benzene rings is 2. The molecule has 0 spiro atoms. The Labute approximate surface area is 96.1 Å². The molecular weight excluding hydrogens is 226 g/mol. The molecule has 0 unspecified atom stereocenters. The first-order valence-corrected chi connectivity index (χ1v) is 4.85. The van der Waals surface area contributed by atoms with Crippen LogP contribution in [0.3, 0.4) is 0 Å². The van der Waals surface area contributed by atoms with Crippen molar-refractivity contribution in [3.63, 3.8) is 0 Å². The maximum Gasteiger partial charge on any atom is 0.159 e. The van der Waals surface area contributed by atoms with E-state index in [1.807, 2.05) is 0 Å². The number of rotatable bonds is 2. The molecule has 0 radical (unpaired) electrons. The summed E-state index contributed by atoms with van der Waals surface area (Å²) in [6, 6.07) is 9.24. The zero-order valence-corrected chi connectivity index (χ0v) is 8.61. The fourth-order valence-electron chi connectivity index (χ4n) is 1.50. The van der Waals surface area contributed by atoms with Gasteiger partial charge < -0.3 is 9.90 Å². The number of aromatic carboxylic acids is 1. The number of hydrogen-bond acceptors (Lipinski definition) is 2. The SMILES string of the molecule is O=C([O-])c1cccc(-c2ccc(F)c(F)c2)c1. The summed E-state index contributed by atoms with van der Waals surface area (Å²) in [4.78, 5) is 10.7. The third-order valence-corrected chi connectivity index (χ3v) is 2.35. The highest BCUT2D eigenvalue weighted by atomic mass is 19.2. The molecule has 0 atom stereocenters. The lowest BCUT2D eigenvalue weighted by atomic mass is 10.0. The second kappa shape index (κ2) is 4.33. The summed E-state index contributed by atoms with van der Waals surface area (Å²) in [6.07, 6.45) is 0. The van der Waals surface area contributed by atoms with Crippen molar-refractivity contribution in [2.45, 2.75) is 0 Å². The summed E-state index contributed by atoms with van der Waals surface area (Å²) in [5.41, 5.74) is 0.893. The average Bonchev–Trinajstić information content (AvgIpc) is 2.33. The van der Waals surface area contributed by atoms with Crippen molar-refractivity contribution in [1.29, 1.82) is 0 Å². The first-order chi connectivity index (χ1) is 8.08. The van der Waals surface area contributed by atoms with Crippen LogP contribution in [0.2, 0.25) is 0 Å². The topological polar surface area (TPSA) is 40.1 Å². The third kappa shape index (κ3) is 2.30. The van der Waals surface area contributed by atoms with Crippen LogP contribution in [0.5, 0.6) is 0 Å². The van der Waals surface area contributed by atoms with Gasteiger partial charge >= 0.3 is 0 Å². The van der Waals surface area contributed by atoms with Gasteiger partial charge in [-0.3, -0.25) is 0 Å². The van der Waals surface area contributed by atoms with Gasteiger partial charge in [0.15, 0.2) is 11.6 Å². The van der Waals surface area contributed by atoms with Crippen LogP contribution in [0, 0.1) is 11.6 Å². The van der Waals surface area contributed by atoms with Gasteiger partial charge in [-0.25, -0.2) is 8.78 Å². The Bertz CT molecular complexity index is 579. The summed E-state index contributed by atoms with van der Waals surface area (Å²) in [6.45, 7) is 0. The molecular formula is C13H7F2O2-. The van der Waals surface area contributed by atoms with Gasteiger partial charge in [0.2, 0.25) is 0 Å². The van der Waals surface area contributed by atoms with E-state index in [9.17, 15) is 18.7 Å². The van der Waals surface area contributed by atoms with Crippen LogP contribution in [0.4, 0.5) is 8.78 Å². The number of hydrogen-bond donors (Lipinski definition) is 0. The molecule has 2 aromatic carbocycles. The van der Waals surface area contributed by atoms with Crippen molar-refractivity contribution in [1.82, 2.24) is 0 Å². The van der Waals surface area contributed by atoms with Crippen molar-refractivity contribution in [2.75, 3.05) is 0 Å². The molecule has 17 heavy (non-hydrogen) atoms. The Morgan fingerprint density at radius 3 is 2.29 bits per heavy atom. The van der Waals surface area contributed by atoms with E-state index in [4.69, 9.17) is 0 Å². The molecule has 0 N–H and O–H groups in total. The van der Waals surface area contributed by atoms with Gasteiger partial charge in [0.1, 0.15) is 0 Å². The molecule has 4 heteroatoms. The van der Waals surface area contributed by atoms with Crippen LogP contribution in [-0.2, 0) is 0 Å². The molecule has 0 aliphatic heterocycles. The lowest BCUT2D eigenvalue weighted by Crippen LogP contribution is -2.22. The molecule has 0 heterocycles. The minimum absolute atomic E-state index is 0.00719. The Balaban J connectivity index is 2.49. The van der Waals surface area contributed by atoms with Crippen molar-refractivity contribution < 1.29 is 18.7 Å². The van der Waals surface area contributed by atoms with Crippen LogP contribution in [0.15, 0.2) is 42.5 Å². The van der Waals surface area contributed by atoms with Gasteiger partial charge in [-0.2, -0.15) is 0 Å². The van der Waals surface area contributed by atoms with E-state index in [1.165, 1.54) is 24.3 Å². The quantitative estimate of drug-likeness (QED) is 0.795. The predicted molar refractivity (Wildman–Crippen MR) is 56.1 cm³/mol. The molecule has 2 nitrogen and oxygen atoms in total. The van der Waals surface area contributed by atoms with Crippen LogP contribution in [0.1, 0.15) is 10.4 Å². The number of carboxylic acid groups (broad SMARTS) is 1. The van der Waals surface area contributed by atoms with E-state index in [0.717, 1.165) is 12.1 Å². The molecule has 2 rings (SSSR count). The molecule has 0 aliphatic rings. The molecule has 0 aliphatic carbocycles. The Morgan fingerprint density at radius 1 is 0.941 bits per heavy atom. The summed E-state index contributed by atoms with van der Waals surface area (Å²) >= 11 is 0. The first-order valence-electron chi connectivity index (χ1n) is 4.85. The number of carbonyl (C=O) groups excluding carboxylic acids is 1. The van der Waals surface area contributed by atoms with E-state index in [1.54, 1.807) is 6.07 Å². The van der Waals surface area contributed by atoms with Crippen LogP contribution in [0.25, 0.3) is 11.1 Å². The first kappa shape index (κ1) is 11.3. The molecule has 0 fully saturated rings. The standard InChI is InChI=1S/C13H8F2O2/c14-11-5-4-9(7-12(11)15)8-2-1-3-10(6-8)13(16)17/h1-7H,(H,16,17)/p-1. The smallest absolute Gasteiger partial charge is 0.159 e. The second-order valence-corrected chi connectivity index (χ2v) is 3.50. The minimum atomic E-state index is -1.31. The highest BCUT2D eigenvalue weighted by Gasteiger charge is 2.05. The molecule has 86 valence electrons. The van der Waals surface area contributed by atoms with Gasteiger partial charge in [-0.1, -0.05) is 24.3 Å². The molecule has 0 bridgehead atoms. The number of halogens is 2. The monoisotopic (exact) mass is 233 g/mol. The van der Waals surface area contributed by atoms with Crippen LogP contribution >= 0.6 is 0 Å². The van der Waals surface area contributed by atoms with Crippen molar-refractivity contribution in [3.05, 3.63) is 59.7 Å². The highest BCUT2D eigenvalue weighted by Crippen LogP contribution is 2.22. The molecule has 2 aromatic rings. The van der Waals surface area contributed by atoms with Gasteiger partial charge in [0.05, 0.1) is 5.97 Å². The maximum absolute atomic E-state index is 13.0. The Hall–Kier alpha value is -2.23. The number of carbonyl (C=O) groups is 1. The molecule has 0 saturated heterocycles.